The minimum atomic E-state index is -0.831. The molecule has 7 heteroatoms. The van der Waals surface area contributed by atoms with Gasteiger partial charge in [0, 0.05) is 4.88 Å². The lowest BCUT2D eigenvalue weighted by atomic mass is 9.89. The SMILES string of the molecule is Cc1ccc(NC(=O)c2c(O)c3c4c(sc3[nH]c2=O)CC(C)CC4)c(F)c1. The van der Waals surface area contributed by atoms with E-state index in [9.17, 15) is 19.1 Å². The molecule has 1 amide bonds. The number of aromatic hydroxyl groups is 1. The number of aryl methyl sites for hydroxylation is 2. The van der Waals surface area contributed by atoms with Crippen molar-refractivity contribution in [3.8, 4) is 5.75 Å². The molecular weight excluding hydrogens is 367 g/mol. The van der Waals surface area contributed by atoms with Crippen LogP contribution >= 0.6 is 11.3 Å². The molecule has 0 spiro atoms. The van der Waals surface area contributed by atoms with Gasteiger partial charge in [-0.05, 0) is 55.4 Å². The number of thiophene rings is 1. The zero-order valence-corrected chi connectivity index (χ0v) is 15.8. The van der Waals surface area contributed by atoms with Crippen LogP contribution in [0.15, 0.2) is 23.0 Å². The molecule has 0 saturated heterocycles. The number of hydrogen-bond acceptors (Lipinski definition) is 4. The summed E-state index contributed by atoms with van der Waals surface area (Å²) in [5.41, 5.74) is 0.605. The first-order valence-corrected chi connectivity index (χ1v) is 9.63. The number of carbonyl (C=O) groups excluding carboxylic acids is 1. The Hall–Kier alpha value is -2.67. The number of pyridine rings is 1. The molecule has 1 aliphatic rings. The maximum atomic E-state index is 14.0. The highest BCUT2D eigenvalue weighted by Crippen LogP contribution is 2.41. The van der Waals surface area contributed by atoms with Gasteiger partial charge in [0.2, 0.25) is 0 Å². The Morgan fingerprint density at radius 1 is 1.41 bits per heavy atom. The van der Waals surface area contributed by atoms with Crippen LogP contribution in [0.3, 0.4) is 0 Å². The average Bonchev–Trinajstić information content (AvgIpc) is 2.94. The summed E-state index contributed by atoms with van der Waals surface area (Å²) in [5, 5.41) is 13.7. The van der Waals surface area contributed by atoms with E-state index in [0.717, 1.165) is 29.7 Å². The predicted molar refractivity (Wildman–Crippen MR) is 104 cm³/mol. The molecule has 3 aromatic rings. The van der Waals surface area contributed by atoms with Crippen LogP contribution in [-0.2, 0) is 12.8 Å². The molecule has 27 heavy (non-hydrogen) atoms. The summed E-state index contributed by atoms with van der Waals surface area (Å²) in [6.45, 7) is 3.91. The summed E-state index contributed by atoms with van der Waals surface area (Å²) in [5.74, 6) is -1.21. The number of anilines is 1. The van der Waals surface area contributed by atoms with Gasteiger partial charge in [-0.1, -0.05) is 13.0 Å². The Bertz CT molecular complexity index is 1130. The Kier molecular flexibility index (Phi) is 4.26. The van der Waals surface area contributed by atoms with E-state index in [1.54, 1.807) is 13.0 Å². The molecule has 0 radical (unpaired) electrons. The molecule has 0 bridgehead atoms. The van der Waals surface area contributed by atoms with Crippen LogP contribution in [-0.4, -0.2) is 16.0 Å². The maximum absolute atomic E-state index is 14.0. The molecule has 140 valence electrons. The summed E-state index contributed by atoms with van der Waals surface area (Å²) in [4.78, 5) is 29.5. The molecule has 2 aromatic heterocycles. The van der Waals surface area contributed by atoms with Gasteiger partial charge in [-0.15, -0.1) is 11.3 Å². The number of rotatable bonds is 2. The fourth-order valence-corrected chi connectivity index (χ4v) is 5.01. The summed E-state index contributed by atoms with van der Waals surface area (Å²) < 4.78 is 14.0. The fraction of sp³-hybridized carbons (Fsp3) is 0.300. The monoisotopic (exact) mass is 386 g/mol. The Morgan fingerprint density at radius 3 is 2.93 bits per heavy atom. The van der Waals surface area contributed by atoms with Crippen molar-refractivity contribution in [2.75, 3.05) is 5.32 Å². The first-order valence-electron chi connectivity index (χ1n) is 8.82. The van der Waals surface area contributed by atoms with E-state index in [1.165, 1.54) is 23.5 Å². The van der Waals surface area contributed by atoms with Gasteiger partial charge in [0.25, 0.3) is 11.5 Å². The van der Waals surface area contributed by atoms with Crippen LogP contribution in [0.2, 0.25) is 0 Å². The minimum absolute atomic E-state index is 0.0364. The van der Waals surface area contributed by atoms with Gasteiger partial charge < -0.3 is 15.4 Å². The van der Waals surface area contributed by atoms with Crippen LogP contribution in [0.4, 0.5) is 10.1 Å². The number of halogens is 1. The molecule has 4 rings (SSSR count). The number of aromatic nitrogens is 1. The van der Waals surface area contributed by atoms with Crippen molar-refractivity contribution in [2.24, 2.45) is 5.92 Å². The zero-order valence-electron chi connectivity index (χ0n) is 15.0. The number of aromatic amines is 1. The number of H-pyrrole nitrogens is 1. The first-order chi connectivity index (χ1) is 12.8. The second-order valence-corrected chi connectivity index (χ2v) is 8.28. The van der Waals surface area contributed by atoms with Gasteiger partial charge in [0.05, 0.1) is 11.1 Å². The maximum Gasteiger partial charge on any atom is 0.265 e. The molecule has 0 fully saturated rings. The molecule has 1 unspecified atom stereocenters. The summed E-state index contributed by atoms with van der Waals surface area (Å²) >= 11 is 1.45. The van der Waals surface area contributed by atoms with E-state index in [0.29, 0.717) is 21.7 Å². The normalized spacial score (nSPS) is 16.3. The van der Waals surface area contributed by atoms with Crippen molar-refractivity contribution in [3.05, 3.63) is 55.9 Å². The third-order valence-corrected chi connectivity index (χ3v) is 6.21. The highest BCUT2D eigenvalue weighted by molar-refractivity contribution is 7.18. The van der Waals surface area contributed by atoms with Gasteiger partial charge in [-0.2, -0.15) is 0 Å². The van der Waals surface area contributed by atoms with Crippen LogP contribution in [0.25, 0.3) is 10.2 Å². The second kappa shape index (κ2) is 6.49. The fourth-order valence-electron chi connectivity index (χ4n) is 3.60. The molecule has 0 saturated carbocycles. The molecule has 3 N–H and O–H groups in total. The molecule has 1 aliphatic carbocycles. The van der Waals surface area contributed by atoms with Gasteiger partial charge in [-0.3, -0.25) is 9.59 Å². The molecule has 0 aliphatic heterocycles. The van der Waals surface area contributed by atoms with E-state index in [4.69, 9.17) is 0 Å². The number of amides is 1. The lowest BCUT2D eigenvalue weighted by Crippen LogP contribution is -2.23. The number of fused-ring (bicyclic) bond motifs is 3. The van der Waals surface area contributed by atoms with E-state index in [-0.39, 0.29) is 17.0 Å². The highest BCUT2D eigenvalue weighted by atomic mass is 32.1. The van der Waals surface area contributed by atoms with Crippen molar-refractivity contribution >= 4 is 33.1 Å². The Morgan fingerprint density at radius 2 is 2.19 bits per heavy atom. The van der Waals surface area contributed by atoms with Crippen molar-refractivity contribution in [1.82, 2.24) is 4.98 Å². The number of nitrogens with one attached hydrogen (secondary N) is 2. The quantitative estimate of drug-likeness (QED) is 0.620. The Labute approximate surface area is 158 Å². The molecule has 5 nitrogen and oxygen atoms in total. The highest BCUT2D eigenvalue weighted by Gasteiger charge is 2.27. The van der Waals surface area contributed by atoms with Gasteiger partial charge in [0.15, 0.2) is 0 Å². The number of benzene rings is 1. The first kappa shape index (κ1) is 17.7. The smallest absolute Gasteiger partial charge is 0.265 e. The number of carbonyl (C=O) groups is 1. The Balaban J connectivity index is 1.79. The van der Waals surface area contributed by atoms with Crippen molar-refractivity contribution in [3.63, 3.8) is 0 Å². The van der Waals surface area contributed by atoms with E-state index in [1.807, 2.05) is 0 Å². The average molecular weight is 386 g/mol. The summed E-state index contributed by atoms with van der Waals surface area (Å²) in [6.07, 6.45) is 2.68. The van der Waals surface area contributed by atoms with E-state index < -0.39 is 17.3 Å². The third kappa shape index (κ3) is 3.02. The van der Waals surface area contributed by atoms with Crippen LogP contribution in [0.5, 0.6) is 5.75 Å². The molecule has 1 atom stereocenters. The van der Waals surface area contributed by atoms with E-state index in [2.05, 4.69) is 17.2 Å². The van der Waals surface area contributed by atoms with E-state index >= 15 is 0 Å². The largest absolute Gasteiger partial charge is 0.506 e. The van der Waals surface area contributed by atoms with Crippen molar-refractivity contribution in [1.29, 1.82) is 0 Å². The lowest BCUT2D eigenvalue weighted by molar-refractivity contribution is 0.102. The van der Waals surface area contributed by atoms with Crippen molar-refractivity contribution in [2.45, 2.75) is 33.1 Å². The summed E-state index contributed by atoms with van der Waals surface area (Å²) in [7, 11) is 0. The third-order valence-electron chi connectivity index (χ3n) is 5.04. The zero-order chi connectivity index (χ0) is 19.3. The van der Waals surface area contributed by atoms with Gasteiger partial charge >= 0.3 is 0 Å². The van der Waals surface area contributed by atoms with Gasteiger partial charge in [-0.25, -0.2) is 4.39 Å². The predicted octanol–water partition coefficient (Wildman–Crippen LogP) is 4.12. The van der Waals surface area contributed by atoms with Gasteiger partial charge in [0.1, 0.15) is 22.0 Å². The van der Waals surface area contributed by atoms with Crippen LogP contribution in [0, 0.1) is 18.7 Å². The molecule has 2 heterocycles. The standard InChI is InChI=1S/C20H19FN2O3S/c1-9-4-6-13(12(21)7-9)22-18(25)16-17(24)15-11-5-3-10(2)8-14(11)27-20(15)23-19(16)26/h4,6-7,10H,3,5,8H2,1-2H3,(H,22,25)(H2,23,24,26). The summed E-state index contributed by atoms with van der Waals surface area (Å²) in [6, 6.07) is 4.38. The van der Waals surface area contributed by atoms with Crippen LogP contribution in [0.1, 0.15) is 39.7 Å². The lowest BCUT2D eigenvalue weighted by Gasteiger charge is -2.18. The van der Waals surface area contributed by atoms with Crippen molar-refractivity contribution < 1.29 is 14.3 Å². The molecule has 1 aromatic carbocycles. The topological polar surface area (TPSA) is 82.2 Å². The second-order valence-electron chi connectivity index (χ2n) is 7.17. The van der Waals surface area contributed by atoms with Crippen LogP contribution < -0.4 is 10.9 Å². The minimum Gasteiger partial charge on any atom is -0.506 e. The molecular formula is C20H19FN2O3S. The number of hydrogen-bond donors (Lipinski definition) is 3.